The van der Waals surface area contributed by atoms with E-state index in [9.17, 15) is 4.79 Å². The number of nitrogens with zero attached hydrogens (tertiary/aromatic N) is 2. The van der Waals surface area contributed by atoms with Gasteiger partial charge in [0.25, 0.3) is 0 Å². The Labute approximate surface area is 116 Å². The molecule has 0 aliphatic carbocycles. The average Bonchev–Trinajstić information content (AvgIpc) is 2.84. The second-order valence-electron chi connectivity index (χ2n) is 3.90. The molecule has 2 rings (SSSR count). The van der Waals surface area contributed by atoms with Crippen LogP contribution < -0.4 is 10.1 Å². The Balaban J connectivity index is 1.90. The van der Waals surface area contributed by atoms with Gasteiger partial charge in [0.05, 0.1) is 18.6 Å². The van der Waals surface area contributed by atoms with Crippen molar-refractivity contribution >= 4 is 29.1 Å². The first-order valence-electron chi connectivity index (χ1n) is 6.04. The van der Waals surface area contributed by atoms with Gasteiger partial charge in [-0.2, -0.15) is 5.10 Å². The van der Waals surface area contributed by atoms with Crippen LogP contribution in [0.1, 0.15) is 18.9 Å². The summed E-state index contributed by atoms with van der Waals surface area (Å²) < 4.78 is 5.48. The lowest BCUT2D eigenvalue weighted by atomic mass is 10.2. The van der Waals surface area contributed by atoms with Gasteiger partial charge >= 0.3 is 0 Å². The summed E-state index contributed by atoms with van der Waals surface area (Å²) in [7, 11) is 0. The fourth-order valence-electron chi connectivity index (χ4n) is 1.40. The van der Waals surface area contributed by atoms with E-state index in [1.165, 1.54) is 11.8 Å². The Bertz CT molecular complexity index is 497. The zero-order valence-electron chi connectivity index (χ0n) is 10.6. The van der Waals surface area contributed by atoms with Gasteiger partial charge in [-0.1, -0.05) is 18.7 Å². The number of carbonyl (C=O) groups excluding carboxylic acids is 1. The molecule has 5 nitrogen and oxygen atoms in total. The Morgan fingerprint density at radius 1 is 1.42 bits per heavy atom. The number of nitrogens with one attached hydrogen (secondary N) is 1. The van der Waals surface area contributed by atoms with Crippen molar-refractivity contribution in [3.63, 3.8) is 0 Å². The van der Waals surface area contributed by atoms with Crippen LogP contribution in [-0.2, 0) is 4.79 Å². The fourth-order valence-corrected chi connectivity index (χ4v) is 2.03. The molecule has 0 atom stereocenters. The Hall–Kier alpha value is -1.82. The van der Waals surface area contributed by atoms with Gasteiger partial charge in [-0.3, -0.25) is 4.79 Å². The SMILES string of the molecule is CCCOc1ccc(C=NN=C2NC(=O)CS2)cc1. The van der Waals surface area contributed by atoms with E-state index in [0.717, 1.165) is 24.3 Å². The van der Waals surface area contributed by atoms with E-state index < -0.39 is 0 Å². The van der Waals surface area contributed by atoms with Gasteiger partial charge in [0.1, 0.15) is 5.75 Å². The Morgan fingerprint density at radius 3 is 2.84 bits per heavy atom. The van der Waals surface area contributed by atoms with Crippen LogP contribution in [0.2, 0.25) is 0 Å². The molecular formula is C13H15N3O2S. The highest BCUT2D eigenvalue weighted by atomic mass is 32.2. The van der Waals surface area contributed by atoms with Crippen molar-refractivity contribution in [2.75, 3.05) is 12.4 Å². The lowest BCUT2D eigenvalue weighted by Gasteiger charge is -2.03. The van der Waals surface area contributed by atoms with E-state index in [0.29, 0.717) is 10.9 Å². The maximum atomic E-state index is 10.9. The summed E-state index contributed by atoms with van der Waals surface area (Å²) in [5, 5.41) is 11.0. The average molecular weight is 277 g/mol. The quantitative estimate of drug-likeness (QED) is 0.661. The van der Waals surface area contributed by atoms with Crippen LogP contribution in [-0.4, -0.2) is 29.6 Å². The smallest absolute Gasteiger partial charge is 0.236 e. The molecule has 1 saturated heterocycles. The normalized spacial score (nSPS) is 17.1. The molecule has 0 unspecified atom stereocenters. The van der Waals surface area contributed by atoms with E-state index in [1.807, 2.05) is 24.3 Å². The van der Waals surface area contributed by atoms with E-state index in [4.69, 9.17) is 4.74 Å². The zero-order valence-corrected chi connectivity index (χ0v) is 11.4. The first kappa shape index (κ1) is 13.6. The molecule has 1 aliphatic rings. The van der Waals surface area contributed by atoms with Crippen molar-refractivity contribution in [2.24, 2.45) is 10.2 Å². The van der Waals surface area contributed by atoms with Crippen LogP contribution in [0.3, 0.4) is 0 Å². The topological polar surface area (TPSA) is 63.1 Å². The maximum Gasteiger partial charge on any atom is 0.236 e. The van der Waals surface area contributed by atoms with Gasteiger partial charge in [-0.25, -0.2) is 0 Å². The van der Waals surface area contributed by atoms with Crippen molar-refractivity contribution < 1.29 is 9.53 Å². The maximum absolute atomic E-state index is 10.9. The lowest BCUT2D eigenvalue weighted by molar-refractivity contribution is -0.116. The summed E-state index contributed by atoms with van der Waals surface area (Å²) >= 11 is 1.35. The van der Waals surface area contributed by atoms with E-state index >= 15 is 0 Å². The number of hydrogen-bond acceptors (Lipinski definition) is 5. The van der Waals surface area contributed by atoms with E-state index in [2.05, 4.69) is 22.4 Å². The number of rotatable bonds is 5. The third kappa shape index (κ3) is 4.40. The first-order valence-corrected chi connectivity index (χ1v) is 7.03. The fraction of sp³-hybridized carbons (Fsp3) is 0.308. The standard InChI is InChI=1S/C13H15N3O2S/c1-2-7-18-11-5-3-10(4-6-11)8-14-16-13-15-12(17)9-19-13/h3-6,8H,2,7,9H2,1H3,(H,15,16,17). The third-order valence-electron chi connectivity index (χ3n) is 2.29. The van der Waals surface area contributed by atoms with Gasteiger partial charge in [0.15, 0.2) is 5.17 Å². The molecule has 0 aromatic heterocycles. The van der Waals surface area contributed by atoms with Gasteiger partial charge in [-0.05, 0) is 36.2 Å². The summed E-state index contributed by atoms with van der Waals surface area (Å²) in [6.45, 7) is 2.79. The molecule has 19 heavy (non-hydrogen) atoms. The van der Waals surface area contributed by atoms with Crippen LogP contribution in [0.4, 0.5) is 0 Å². The van der Waals surface area contributed by atoms with Gasteiger partial charge in [0, 0.05) is 0 Å². The van der Waals surface area contributed by atoms with E-state index in [-0.39, 0.29) is 5.91 Å². The summed E-state index contributed by atoms with van der Waals surface area (Å²) in [5.74, 6) is 1.23. The summed E-state index contributed by atoms with van der Waals surface area (Å²) in [5.41, 5.74) is 0.933. The summed E-state index contributed by atoms with van der Waals surface area (Å²) in [6.07, 6.45) is 2.63. The highest BCUT2D eigenvalue weighted by Crippen LogP contribution is 2.12. The molecule has 0 saturated carbocycles. The van der Waals surface area contributed by atoms with Crippen LogP contribution in [0, 0.1) is 0 Å². The minimum atomic E-state index is -0.0311. The molecule has 100 valence electrons. The second-order valence-corrected chi connectivity index (χ2v) is 4.87. The molecule has 1 aliphatic heterocycles. The number of hydrogen-bond donors (Lipinski definition) is 1. The highest BCUT2D eigenvalue weighted by Gasteiger charge is 2.15. The van der Waals surface area contributed by atoms with Crippen LogP contribution >= 0.6 is 11.8 Å². The minimum absolute atomic E-state index is 0.0311. The molecule has 1 heterocycles. The molecule has 1 fully saturated rings. The number of amides is 1. The Morgan fingerprint density at radius 2 is 2.21 bits per heavy atom. The van der Waals surface area contributed by atoms with Gasteiger partial charge in [-0.15, -0.1) is 5.10 Å². The second kappa shape index (κ2) is 6.94. The van der Waals surface area contributed by atoms with Crippen molar-refractivity contribution in [1.29, 1.82) is 0 Å². The predicted molar refractivity (Wildman–Crippen MR) is 77.9 cm³/mol. The van der Waals surface area contributed by atoms with Crippen LogP contribution in [0.25, 0.3) is 0 Å². The number of amidine groups is 1. The molecule has 0 spiro atoms. The molecule has 0 bridgehead atoms. The molecule has 1 amide bonds. The van der Waals surface area contributed by atoms with Crippen molar-refractivity contribution in [1.82, 2.24) is 5.32 Å². The lowest BCUT2D eigenvalue weighted by Crippen LogP contribution is -2.19. The molecule has 1 N–H and O–H groups in total. The molecular weight excluding hydrogens is 262 g/mol. The van der Waals surface area contributed by atoms with Crippen molar-refractivity contribution in [3.8, 4) is 5.75 Å². The summed E-state index contributed by atoms with van der Waals surface area (Å²) in [4.78, 5) is 10.9. The number of ether oxygens (including phenoxy) is 1. The number of benzene rings is 1. The minimum Gasteiger partial charge on any atom is -0.494 e. The zero-order chi connectivity index (χ0) is 13.5. The molecule has 1 aromatic carbocycles. The molecule has 0 radical (unpaired) electrons. The monoisotopic (exact) mass is 277 g/mol. The van der Waals surface area contributed by atoms with Crippen LogP contribution in [0.15, 0.2) is 34.5 Å². The van der Waals surface area contributed by atoms with E-state index in [1.54, 1.807) is 6.21 Å². The predicted octanol–water partition coefficient (Wildman–Crippen LogP) is 2.03. The molecule has 6 heteroatoms. The number of thioether (sulfide) groups is 1. The largest absolute Gasteiger partial charge is 0.494 e. The summed E-state index contributed by atoms with van der Waals surface area (Å²) in [6, 6.07) is 7.62. The van der Waals surface area contributed by atoms with Gasteiger partial charge in [0.2, 0.25) is 5.91 Å². The Kier molecular flexibility index (Phi) is 4.97. The molecule has 1 aromatic rings. The number of carbonyl (C=O) groups is 1. The third-order valence-corrected chi connectivity index (χ3v) is 3.16. The van der Waals surface area contributed by atoms with Crippen molar-refractivity contribution in [2.45, 2.75) is 13.3 Å². The van der Waals surface area contributed by atoms with Gasteiger partial charge < -0.3 is 10.1 Å². The highest BCUT2D eigenvalue weighted by molar-refractivity contribution is 8.15. The van der Waals surface area contributed by atoms with Crippen molar-refractivity contribution in [3.05, 3.63) is 29.8 Å². The first-order chi connectivity index (χ1) is 9.28. The van der Waals surface area contributed by atoms with Crippen LogP contribution in [0.5, 0.6) is 5.75 Å².